The molecule has 35 heavy (non-hydrogen) atoms. The molecule has 0 radical (unpaired) electrons. The Bertz CT molecular complexity index is 1430. The fourth-order valence-electron chi connectivity index (χ4n) is 4.09. The third kappa shape index (κ3) is 6.03. The van der Waals surface area contributed by atoms with E-state index in [0.717, 1.165) is 50.8 Å². The normalized spacial score (nSPS) is 11.3. The van der Waals surface area contributed by atoms with E-state index in [1.807, 2.05) is 63.2 Å². The van der Waals surface area contributed by atoms with Gasteiger partial charge in [-0.05, 0) is 84.0 Å². The molecule has 1 N–H and O–H groups in total. The van der Waals surface area contributed by atoms with Crippen molar-refractivity contribution in [2.24, 2.45) is 0 Å². The Kier molecular flexibility index (Phi) is 6.85. The molecule has 0 atom stereocenters. The van der Waals surface area contributed by atoms with Gasteiger partial charge in [-0.15, -0.1) is 0 Å². The third-order valence-corrected chi connectivity index (χ3v) is 6.20. The summed E-state index contributed by atoms with van der Waals surface area (Å²) in [6, 6.07) is 24.5. The standard InChI is InChI=1S/C29H28O5S/c1-19-5-7-22(8-6-19)18-33-27-14-11-24(17-28(27)34-35(4,31)32)25-15-20(2)29(21(3)16-25)23-9-12-26(30)13-10-23/h5-17,30H,18H2,1-4H3. The summed E-state index contributed by atoms with van der Waals surface area (Å²) in [6.45, 7) is 6.37. The minimum absolute atomic E-state index is 0.148. The van der Waals surface area contributed by atoms with Crippen molar-refractivity contribution in [1.29, 1.82) is 0 Å². The van der Waals surface area contributed by atoms with Crippen LogP contribution in [0.2, 0.25) is 0 Å². The zero-order chi connectivity index (χ0) is 25.2. The summed E-state index contributed by atoms with van der Waals surface area (Å²) in [5.41, 5.74) is 8.12. The molecular weight excluding hydrogens is 460 g/mol. The van der Waals surface area contributed by atoms with Crippen LogP contribution >= 0.6 is 0 Å². The fourth-order valence-corrected chi connectivity index (χ4v) is 4.55. The average Bonchev–Trinajstić information content (AvgIpc) is 2.79. The van der Waals surface area contributed by atoms with Crippen LogP contribution in [0.4, 0.5) is 0 Å². The average molecular weight is 489 g/mol. The number of aryl methyl sites for hydroxylation is 3. The lowest BCUT2D eigenvalue weighted by Gasteiger charge is -2.16. The molecule has 0 saturated heterocycles. The van der Waals surface area contributed by atoms with Crippen LogP contribution in [0.3, 0.4) is 0 Å². The maximum atomic E-state index is 12.0. The molecule has 0 aliphatic heterocycles. The molecule has 0 amide bonds. The van der Waals surface area contributed by atoms with E-state index in [-0.39, 0.29) is 11.5 Å². The lowest BCUT2D eigenvalue weighted by Crippen LogP contribution is -2.07. The quantitative estimate of drug-likeness (QED) is 0.298. The van der Waals surface area contributed by atoms with Crippen molar-refractivity contribution in [1.82, 2.24) is 0 Å². The topological polar surface area (TPSA) is 72.8 Å². The Morgan fingerprint density at radius 3 is 1.91 bits per heavy atom. The highest BCUT2D eigenvalue weighted by Gasteiger charge is 2.15. The van der Waals surface area contributed by atoms with Crippen LogP contribution in [0, 0.1) is 20.8 Å². The summed E-state index contributed by atoms with van der Waals surface area (Å²) >= 11 is 0. The molecule has 0 aliphatic rings. The molecule has 0 spiro atoms. The molecule has 4 rings (SSSR count). The van der Waals surface area contributed by atoms with Gasteiger partial charge in [-0.2, -0.15) is 8.42 Å². The van der Waals surface area contributed by atoms with Gasteiger partial charge in [0.05, 0.1) is 6.26 Å². The number of phenols is 1. The first-order chi connectivity index (χ1) is 16.6. The van der Waals surface area contributed by atoms with Crippen molar-refractivity contribution < 1.29 is 22.4 Å². The Balaban J connectivity index is 1.68. The maximum absolute atomic E-state index is 12.0. The van der Waals surface area contributed by atoms with Gasteiger partial charge in [-0.3, -0.25) is 0 Å². The molecule has 0 unspecified atom stereocenters. The molecule has 0 bridgehead atoms. The van der Waals surface area contributed by atoms with Crippen LogP contribution in [0.25, 0.3) is 22.3 Å². The van der Waals surface area contributed by atoms with Crippen LogP contribution in [-0.2, 0) is 16.7 Å². The van der Waals surface area contributed by atoms with Crippen molar-refractivity contribution >= 4 is 10.1 Å². The molecular formula is C29H28O5S. The van der Waals surface area contributed by atoms with Gasteiger partial charge < -0.3 is 14.0 Å². The maximum Gasteiger partial charge on any atom is 0.306 e. The summed E-state index contributed by atoms with van der Waals surface area (Å²) in [7, 11) is -3.75. The van der Waals surface area contributed by atoms with Crippen LogP contribution in [-0.4, -0.2) is 19.8 Å². The van der Waals surface area contributed by atoms with Gasteiger partial charge in [0.2, 0.25) is 0 Å². The van der Waals surface area contributed by atoms with E-state index in [4.69, 9.17) is 8.92 Å². The van der Waals surface area contributed by atoms with E-state index in [9.17, 15) is 13.5 Å². The first kappa shape index (κ1) is 24.4. The predicted molar refractivity (Wildman–Crippen MR) is 139 cm³/mol. The van der Waals surface area contributed by atoms with Crippen LogP contribution in [0.1, 0.15) is 22.3 Å². The van der Waals surface area contributed by atoms with E-state index in [0.29, 0.717) is 12.4 Å². The Hall–Kier alpha value is -3.77. The van der Waals surface area contributed by atoms with E-state index in [1.54, 1.807) is 24.3 Å². The number of aromatic hydroxyl groups is 1. The molecule has 0 fully saturated rings. The summed E-state index contributed by atoms with van der Waals surface area (Å²) < 4.78 is 35.1. The van der Waals surface area contributed by atoms with Crippen LogP contribution in [0.15, 0.2) is 78.9 Å². The summed E-state index contributed by atoms with van der Waals surface area (Å²) in [5, 5.41) is 9.61. The third-order valence-electron chi connectivity index (χ3n) is 5.72. The van der Waals surface area contributed by atoms with Crippen molar-refractivity contribution in [3.63, 3.8) is 0 Å². The highest BCUT2D eigenvalue weighted by Crippen LogP contribution is 2.37. The van der Waals surface area contributed by atoms with Crippen molar-refractivity contribution in [2.45, 2.75) is 27.4 Å². The number of phenolic OH excluding ortho intramolecular Hbond substituents is 1. The number of hydrogen-bond donors (Lipinski definition) is 1. The predicted octanol–water partition coefficient (Wildman–Crippen LogP) is 6.57. The molecule has 0 saturated carbocycles. The molecule has 0 heterocycles. The second kappa shape index (κ2) is 9.84. The lowest BCUT2D eigenvalue weighted by molar-refractivity contribution is 0.296. The molecule has 180 valence electrons. The van der Waals surface area contributed by atoms with Gasteiger partial charge in [0.25, 0.3) is 0 Å². The Morgan fingerprint density at radius 2 is 1.31 bits per heavy atom. The number of hydrogen-bond acceptors (Lipinski definition) is 5. The van der Waals surface area contributed by atoms with Crippen molar-refractivity contribution in [3.05, 3.63) is 101 Å². The Morgan fingerprint density at radius 1 is 0.714 bits per heavy atom. The molecule has 4 aromatic carbocycles. The molecule has 4 aromatic rings. The van der Waals surface area contributed by atoms with Crippen molar-refractivity contribution in [2.75, 3.05) is 6.26 Å². The highest BCUT2D eigenvalue weighted by molar-refractivity contribution is 7.86. The highest BCUT2D eigenvalue weighted by atomic mass is 32.2. The number of ether oxygens (including phenoxy) is 1. The van der Waals surface area contributed by atoms with Crippen LogP contribution in [0.5, 0.6) is 17.2 Å². The van der Waals surface area contributed by atoms with Gasteiger partial charge >= 0.3 is 10.1 Å². The zero-order valence-corrected chi connectivity index (χ0v) is 21.0. The minimum Gasteiger partial charge on any atom is -0.508 e. The SMILES string of the molecule is Cc1ccc(COc2ccc(-c3cc(C)c(-c4ccc(O)cc4)c(C)c3)cc2OS(C)(=O)=O)cc1. The minimum atomic E-state index is -3.75. The van der Waals surface area contributed by atoms with E-state index in [2.05, 4.69) is 12.1 Å². The van der Waals surface area contributed by atoms with E-state index in [1.165, 1.54) is 0 Å². The molecule has 0 aliphatic carbocycles. The largest absolute Gasteiger partial charge is 0.508 e. The zero-order valence-electron chi connectivity index (χ0n) is 20.2. The van der Waals surface area contributed by atoms with Gasteiger partial charge in [-0.1, -0.05) is 60.2 Å². The van der Waals surface area contributed by atoms with Gasteiger partial charge in [0.1, 0.15) is 12.4 Å². The van der Waals surface area contributed by atoms with Crippen molar-refractivity contribution in [3.8, 4) is 39.5 Å². The van der Waals surface area contributed by atoms with E-state index >= 15 is 0 Å². The lowest BCUT2D eigenvalue weighted by atomic mass is 9.91. The summed E-state index contributed by atoms with van der Waals surface area (Å²) in [4.78, 5) is 0. The summed E-state index contributed by atoms with van der Waals surface area (Å²) in [6.07, 6.45) is 1.02. The van der Waals surface area contributed by atoms with Gasteiger partial charge in [-0.25, -0.2) is 0 Å². The summed E-state index contributed by atoms with van der Waals surface area (Å²) in [5.74, 6) is 0.729. The van der Waals surface area contributed by atoms with Crippen LogP contribution < -0.4 is 8.92 Å². The second-order valence-electron chi connectivity index (χ2n) is 8.76. The molecule has 6 heteroatoms. The van der Waals surface area contributed by atoms with Gasteiger partial charge in [0.15, 0.2) is 11.5 Å². The second-order valence-corrected chi connectivity index (χ2v) is 10.3. The number of benzene rings is 4. The Labute approximate surface area is 206 Å². The molecule has 0 aromatic heterocycles. The smallest absolute Gasteiger partial charge is 0.306 e. The van der Waals surface area contributed by atoms with E-state index < -0.39 is 10.1 Å². The van der Waals surface area contributed by atoms with Gasteiger partial charge in [0, 0.05) is 0 Å². The number of rotatable bonds is 7. The first-order valence-electron chi connectivity index (χ1n) is 11.2. The molecule has 5 nitrogen and oxygen atoms in total. The first-order valence-corrected chi connectivity index (χ1v) is 13.0. The monoisotopic (exact) mass is 488 g/mol. The fraction of sp³-hybridized carbons (Fsp3) is 0.172.